The molecule has 1 aliphatic heterocycles. The van der Waals surface area contributed by atoms with Gasteiger partial charge in [0.1, 0.15) is 23.0 Å². The first-order valence-electron chi connectivity index (χ1n) is 15.0. The molecule has 1 aromatic heterocycles. The quantitative estimate of drug-likeness (QED) is 0.203. The lowest BCUT2D eigenvalue weighted by Crippen LogP contribution is -2.41. The Labute approximate surface area is 295 Å². The molecule has 0 aliphatic carbocycles. The average molecular weight is 783 g/mol. The van der Waals surface area contributed by atoms with Gasteiger partial charge in [0.2, 0.25) is 0 Å². The number of halogens is 6. The van der Waals surface area contributed by atoms with E-state index in [9.17, 15) is 32.3 Å². The number of amides is 3. The largest absolute Gasteiger partial charge is 0.484 e. The van der Waals surface area contributed by atoms with Crippen molar-refractivity contribution in [3.05, 3.63) is 109 Å². The number of imidazole rings is 1. The normalized spacial score (nSPS) is 14.0. The zero-order valence-electron chi connectivity index (χ0n) is 26.4. The maximum atomic E-state index is 15.2. The molecule has 3 N–H and O–H groups in total. The van der Waals surface area contributed by atoms with Gasteiger partial charge in [0.25, 0.3) is 17.7 Å². The summed E-state index contributed by atoms with van der Waals surface area (Å²) in [6.45, 7) is 1.34. The second-order valence-electron chi connectivity index (χ2n) is 11.4. The second-order valence-corrected chi connectivity index (χ2v) is 12.6. The van der Waals surface area contributed by atoms with E-state index in [4.69, 9.17) is 26.8 Å². The number of carbonyl (C=O) groups is 3. The van der Waals surface area contributed by atoms with Gasteiger partial charge in [0.05, 0.1) is 29.0 Å². The lowest BCUT2D eigenvalue weighted by Gasteiger charge is -2.28. The molecular weight excluding hydrogens is 754 g/mol. The van der Waals surface area contributed by atoms with Crippen molar-refractivity contribution in [2.45, 2.75) is 45.3 Å². The van der Waals surface area contributed by atoms with Crippen LogP contribution < -0.4 is 26.2 Å². The number of nitrogens with zero attached hydrogens (tertiary/aromatic N) is 3. The number of primary amides is 1. The van der Waals surface area contributed by atoms with Crippen LogP contribution in [0.5, 0.6) is 11.5 Å². The van der Waals surface area contributed by atoms with E-state index in [2.05, 4.69) is 21.2 Å². The van der Waals surface area contributed by atoms with Gasteiger partial charge in [0, 0.05) is 34.8 Å². The molecule has 0 fully saturated rings. The van der Waals surface area contributed by atoms with Gasteiger partial charge in [-0.1, -0.05) is 17.7 Å². The molecule has 5 rings (SSSR count). The fourth-order valence-corrected chi connectivity index (χ4v) is 5.74. The number of alkyl halides is 3. The summed E-state index contributed by atoms with van der Waals surface area (Å²) in [7, 11) is 0. The highest BCUT2D eigenvalue weighted by Gasteiger charge is 2.33. The number of rotatable bonds is 10. The van der Waals surface area contributed by atoms with Crippen LogP contribution in [0.25, 0.3) is 5.69 Å². The molecule has 2 atom stereocenters. The molecule has 3 amide bonds. The van der Waals surface area contributed by atoms with Crippen molar-refractivity contribution in [2.24, 2.45) is 5.73 Å². The average Bonchev–Trinajstić information content (AvgIpc) is 3.35. The zero-order chi connectivity index (χ0) is 36.5. The van der Waals surface area contributed by atoms with Crippen molar-refractivity contribution >= 4 is 45.3 Å². The number of hydrogen-bond donors (Lipinski definition) is 2. The van der Waals surface area contributed by atoms with Crippen molar-refractivity contribution < 1.29 is 41.4 Å². The minimum absolute atomic E-state index is 0.0135. The van der Waals surface area contributed by atoms with E-state index in [0.717, 1.165) is 10.6 Å². The summed E-state index contributed by atoms with van der Waals surface area (Å²) < 4.78 is 66.4. The van der Waals surface area contributed by atoms with Crippen molar-refractivity contribution in [1.29, 1.82) is 0 Å². The molecule has 17 heteroatoms. The molecule has 0 saturated heterocycles. The van der Waals surface area contributed by atoms with E-state index in [1.165, 1.54) is 65.8 Å². The van der Waals surface area contributed by atoms with Crippen molar-refractivity contribution in [2.75, 3.05) is 13.2 Å². The second kappa shape index (κ2) is 14.6. The summed E-state index contributed by atoms with van der Waals surface area (Å²) in [5.41, 5.74) is 5.02. The highest BCUT2D eigenvalue weighted by atomic mass is 79.9. The van der Waals surface area contributed by atoms with Crippen LogP contribution in [0.4, 0.5) is 17.6 Å². The molecule has 2 heterocycles. The van der Waals surface area contributed by atoms with Gasteiger partial charge in [0.15, 0.2) is 12.7 Å². The minimum atomic E-state index is -4.57. The molecule has 264 valence electrons. The molecule has 0 unspecified atom stereocenters. The first-order chi connectivity index (χ1) is 23.5. The van der Waals surface area contributed by atoms with E-state index >= 15 is 4.39 Å². The summed E-state index contributed by atoms with van der Waals surface area (Å²) in [6, 6.07) is 12.6. The standard InChI is InChI=1S/C33H29BrClF4N5O6/c1-17(23-9-8-22(14-26(23)36)50-18(2)29(40)45)41-30(46)28-27-15-42(31(47)19-3-10-24(34)25(35)13-19)11-12-43(27)32(48)44(28)20-4-6-21(7-5-20)49-16-33(37,38)39/h3-10,13-14,17-18H,11-12,15-16H2,1-2H3,(H2,40,45)(H,41,46)/t17-,18-/m1/s1. The number of ether oxygens (including phenoxy) is 2. The Balaban J connectivity index is 1.50. The smallest absolute Gasteiger partial charge is 0.422 e. The van der Waals surface area contributed by atoms with E-state index in [1.54, 1.807) is 12.1 Å². The number of nitrogens with two attached hydrogens (primary N) is 1. The van der Waals surface area contributed by atoms with E-state index in [0.29, 0.717) is 9.50 Å². The Morgan fingerprint density at radius 3 is 2.32 bits per heavy atom. The van der Waals surface area contributed by atoms with Crippen molar-refractivity contribution in [3.8, 4) is 17.2 Å². The molecule has 4 aromatic rings. The summed E-state index contributed by atoms with van der Waals surface area (Å²) in [6.07, 6.45) is -5.59. The minimum Gasteiger partial charge on any atom is -0.484 e. The maximum absolute atomic E-state index is 15.2. The predicted octanol–water partition coefficient (Wildman–Crippen LogP) is 5.53. The molecule has 11 nitrogen and oxygen atoms in total. The Morgan fingerprint density at radius 1 is 1.02 bits per heavy atom. The summed E-state index contributed by atoms with van der Waals surface area (Å²) in [4.78, 5) is 54.2. The summed E-state index contributed by atoms with van der Waals surface area (Å²) in [5, 5.41) is 3.01. The predicted molar refractivity (Wildman–Crippen MR) is 177 cm³/mol. The Kier molecular flexibility index (Phi) is 10.6. The van der Waals surface area contributed by atoms with E-state index in [1.807, 2.05) is 0 Å². The number of benzene rings is 3. The van der Waals surface area contributed by atoms with Crippen LogP contribution in [0.1, 0.15) is 52.0 Å². The van der Waals surface area contributed by atoms with E-state index in [-0.39, 0.29) is 59.3 Å². The molecule has 0 radical (unpaired) electrons. The van der Waals surface area contributed by atoms with Gasteiger partial charge >= 0.3 is 11.9 Å². The van der Waals surface area contributed by atoms with Crippen LogP contribution in [0.15, 0.2) is 69.9 Å². The zero-order valence-corrected chi connectivity index (χ0v) is 28.7. The van der Waals surface area contributed by atoms with Gasteiger partial charge in [-0.15, -0.1) is 0 Å². The Bertz CT molecular complexity index is 2020. The molecule has 1 aliphatic rings. The van der Waals surface area contributed by atoms with Crippen LogP contribution in [0.3, 0.4) is 0 Å². The third kappa shape index (κ3) is 7.97. The van der Waals surface area contributed by atoms with Gasteiger partial charge in [-0.05, 0) is 78.3 Å². The van der Waals surface area contributed by atoms with Crippen LogP contribution in [0, 0.1) is 5.82 Å². The molecule has 50 heavy (non-hydrogen) atoms. The third-order valence-electron chi connectivity index (χ3n) is 7.84. The lowest BCUT2D eigenvalue weighted by molar-refractivity contribution is -0.153. The molecule has 0 saturated carbocycles. The molecule has 0 spiro atoms. The number of nitrogens with one attached hydrogen (secondary N) is 1. The van der Waals surface area contributed by atoms with Crippen LogP contribution in [-0.4, -0.2) is 57.2 Å². The SMILES string of the molecule is C[C@@H](Oc1ccc([C@@H](C)NC(=O)c2c3n(c(=O)n2-c2ccc(OCC(F)(F)F)cc2)CCN(C(=O)c2ccc(Br)c(Cl)c2)C3)c(F)c1)C(N)=O. The van der Waals surface area contributed by atoms with Gasteiger partial charge < -0.3 is 25.4 Å². The number of carbonyl (C=O) groups excluding carboxylic acids is 3. The summed E-state index contributed by atoms with van der Waals surface area (Å²) >= 11 is 9.50. The first-order valence-corrected chi connectivity index (χ1v) is 16.2. The lowest BCUT2D eigenvalue weighted by atomic mass is 10.1. The van der Waals surface area contributed by atoms with Crippen LogP contribution in [-0.2, 0) is 17.9 Å². The monoisotopic (exact) mass is 781 g/mol. The van der Waals surface area contributed by atoms with Gasteiger partial charge in [-0.3, -0.25) is 23.5 Å². The maximum Gasteiger partial charge on any atom is 0.422 e. The van der Waals surface area contributed by atoms with Crippen molar-refractivity contribution in [1.82, 2.24) is 19.4 Å². The highest BCUT2D eigenvalue weighted by Crippen LogP contribution is 2.28. The van der Waals surface area contributed by atoms with Crippen LogP contribution >= 0.6 is 27.5 Å². The topological polar surface area (TPSA) is 138 Å². The Morgan fingerprint density at radius 2 is 1.70 bits per heavy atom. The molecule has 3 aromatic carbocycles. The van der Waals surface area contributed by atoms with Gasteiger partial charge in [-0.25, -0.2) is 9.18 Å². The Hall–Kier alpha value is -4.83. The number of aromatic nitrogens is 2. The van der Waals surface area contributed by atoms with Crippen LogP contribution in [0.2, 0.25) is 5.02 Å². The number of fused-ring (bicyclic) bond motifs is 1. The van der Waals surface area contributed by atoms with Crippen molar-refractivity contribution in [3.63, 3.8) is 0 Å². The fraction of sp³-hybridized carbons (Fsp3) is 0.273. The molecule has 0 bridgehead atoms. The fourth-order valence-electron chi connectivity index (χ4n) is 5.31. The summed E-state index contributed by atoms with van der Waals surface area (Å²) in [5.74, 6) is -2.81. The third-order valence-corrected chi connectivity index (χ3v) is 9.08. The van der Waals surface area contributed by atoms with Gasteiger partial charge in [-0.2, -0.15) is 13.2 Å². The first kappa shape index (κ1) is 36.5. The number of hydrogen-bond acceptors (Lipinski definition) is 6. The van der Waals surface area contributed by atoms with E-state index < -0.39 is 54.2 Å². The molecular formula is C33H29BrClF4N5O6. The highest BCUT2D eigenvalue weighted by molar-refractivity contribution is 9.10.